The summed E-state index contributed by atoms with van der Waals surface area (Å²) in [6.07, 6.45) is 2.56. The van der Waals surface area contributed by atoms with Crippen LogP contribution in [0.25, 0.3) is 17.0 Å². The number of rotatable bonds is 11. The van der Waals surface area contributed by atoms with Gasteiger partial charge in [-0.3, -0.25) is 14.5 Å². The molecular formula is C36H32F2N6O5. The van der Waals surface area contributed by atoms with Gasteiger partial charge < -0.3 is 19.1 Å². The molecule has 3 aromatic carbocycles. The number of ether oxygens (including phenoxy) is 1. The minimum Gasteiger partial charge on any atom is -0.462 e. The second-order valence-corrected chi connectivity index (χ2v) is 11.4. The van der Waals surface area contributed by atoms with Gasteiger partial charge in [0.15, 0.2) is 0 Å². The summed E-state index contributed by atoms with van der Waals surface area (Å²) in [5.74, 6) is -2.40. The molecule has 0 bridgehead atoms. The summed E-state index contributed by atoms with van der Waals surface area (Å²) in [4.78, 5) is 46.7. The zero-order valence-corrected chi connectivity index (χ0v) is 26.9. The molecule has 6 aromatic rings. The lowest BCUT2D eigenvalue weighted by atomic mass is 10.1. The van der Waals surface area contributed by atoms with Crippen molar-refractivity contribution in [3.63, 3.8) is 0 Å². The number of fused-ring (bicyclic) bond motifs is 1. The minimum absolute atomic E-state index is 0.0136. The molecule has 1 amide bonds. The molecule has 13 heteroatoms. The molecule has 0 fully saturated rings. The summed E-state index contributed by atoms with van der Waals surface area (Å²) in [6, 6.07) is 20.1. The van der Waals surface area contributed by atoms with Crippen LogP contribution in [0.5, 0.6) is 0 Å². The second kappa shape index (κ2) is 14.0. The van der Waals surface area contributed by atoms with Crippen molar-refractivity contribution >= 4 is 23.3 Å². The first-order valence-electron chi connectivity index (χ1n) is 15.4. The van der Waals surface area contributed by atoms with Crippen molar-refractivity contribution in [2.75, 3.05) is 19.0 Å². The largest absolute Gasteiger partial charge is 0.462 e. The van der Waals surface area contributed by atoms with Gasteiger partial charge in [-0.1, -0.05) is 53.7 Å². The quantitative estimate of drug-likeness (QED) is 0.171. The van der Waals surface area contributed by atoms with Crippen LogP contribution in [0.4, 0.5) is 14.5 Å². The third kappa shape index (κ3) is 6.87. The minimum atomic E-state index is -0.876. The maximum atomic E-state index is 14.9. The molecule has 3 heterocycles. The van der Waals surface area contributed by atoms with Gasteiger partial charge in [0.25, 0.3) is 11.5 Å². The lowest BCUT2D eigenvalue weighted by Crippen LogP contribution is -2.29. The van der Waals surface area contributed by atoms with E-state index in [2.05, 4.69) is 10.5 Å². The van der Waals surface area contributed by atoms with Gasteiger partial charge in [0.2, 0.25) is 5.78 Å². The van der Waals surface area contributed by atoms with Crippen LogP contribution in [0.1, 0.15) is 50.2 Å². The van der Waals surface area contributed by atoms with Crippen LogP contribution in [0.15, 0.2) is 94.5 Å². The van der Waals surface area contributed by atoms with Crippen LogP contribution in [0, 0.1) is 18.6 Å². The Morgan fingerprint density at radius 1 is 0.959 bits per heavy atom. The number of halogens is 2. The number of nitrogens with zero attached hydrogens (tertiary/aromatic N) is 5. The maximum Gasteiger partial charge on any atom is 0.345 e. The van der Waals surface area contributed by atoms with Crippen molar-refractivity contribution in [1.29, 1.82) is 0 Å². The highest BCUT2D eigenvalue weighted by Crippen LogP contribution is 2.28. The number of aryl methyl sites for hydroxylation is 1. The van der Waals surface area contributed by atoms with Crippen LogP contribution >= 0.6 is 0 Å². The van der Waals surface area contributed by atoms with Gasteiger partial charge in [-0.15, -0.1) is 0 Å². The molecular weight excluding hydrogens is 634 g/mol. The van der Waals surface area contributed by atoms with Crippen molar-refractivity contribution in [2.45, 2.75) is 33.5 Å². The average molecular weight is 667 g/mol. The van der Waals surface area contributed by atoms with Crippen LogP contribution in [0.2, 0.25) is 0 Å². The Morgan fingerprint density at radius 3 is 2.33 bits per heavy atom. The molecule has 0 aliphatic heterocycles. The van der Waals surface area contributed by atoms with Crippen molar-refractivity contribution < 1.29 is 27.6 Å². The third-order valence-corrected chi connectivity index (χ3v) is 7.94. The summed E-state index contributed by atoms with van der Waals surface area (Å²) in [5, 5.41) is 6.45. The van der Waals surface area contributed by atoms with E-state index in [1.165, 1.54) is 27.4 Å². The van der Waals surface area contributed by atoms with E-state index in [1.54, 1.807) is 38.1 Å². The van der Waals surface area contributed by atoms with E-state index < -0.39 is 29.1 Å². The highest BCUT2D eigenvalue weighted by molar-refractivity contribution is 6.04. The molecule has 0 aliphatic rings. The number of nitrogens with one attached hydrogen (secondary N) is 1. The van der Waals surface area contributed by atoms with Gasteiger partial charge in [0, 0.05) is 36.1 Å². The Morgan fingerprint density at radius 2 is 1.67 bits per heavy atom. The number of esters is 1. The van der Waals surface area contributed by atoms with Crippen LogP contribution in [-0.2, 0) is 24.4 Å². The van der Waals surface area contributed by atoms with E-state index in [9.17, 15) is 23.2 Å². The number of aromatic nitrogens is 4. The number of benzene rings is 3. The van der Waals surface area contributed by atoms with Gasteiger partial charge in [-0.05, 0) is 50.7 Å². The van der Waals surface area contributed by atoms with E-state index in [-0.39, 0.29) is 36.6 Å². The van der Waals surface area contributed by atoms with Gasteiger partial charge >= 0.3 is 5.97 Å². The van der Waals surface area contributed by atoms with Gasteiger partial charge in [0.1, 0.15) is 28.5 Å². The Bertz CT molecular complexity index is 2190. The van der Waals surface area contributed by atoms with Crippen molar-refractivity contribution in [1.82, 2.24) is 24.0 Å². The van der Waals surface area contributed by atoms with Gasteiger partial charge in [0.05, 0.1) is 30.7 Å². The molecule has 0 radical (unpaired) electrons. The Balaban J connectivity index is 1.49. The maximum absolute atomic E-state index is 14.9. The molecule has 0 unspecified atom stereocenters. The summed E-state index contributed by atoms with van der Waals surface area (Å²) in [6.45, 7) is 3.62. The number of hydrogen-bond donors (Lipinski definition) is 1. The molecule has 0 atom stereocenters. The molecule has 0 saturated carbocycles. The molecule has 0 spiro atoms. The molecule has 250 valence electrons. The van der Waals surface area contributed by atoms with E-state index in [1.807, 2.05) is 42.3 Å². The number of hydrogen-bond acceptors (Lipinski definition) is 8. The highest BCUT2D eigenvalue weighted by Gasteiger charge is 2.25. The molecule has 0 saturated heterocycles. The molecule has 49 heavy (non-hydrogen) atoms. The number of imidazole rings is 1. The van der Waals surface area contributed by atoms with Crippen molar-refractivity contribution in [3.05, 3.63) is 141 Å². The molecule has 0 aliphatic carbocycles. The van der Waals surface area contributed by atoms with Crippen LogP contribution < -0.4 is 10.9 Å². The Kier molecular flexibility index (Phi) is 9.44. The monoisotopic (exact) mass is 666 g/mol. The number of carbonyl (C=O) groups is 2. The van der Waals surface area contributed by atoms with Gasteiger partial charge in [-0.2, -0.15) is 0 Å². The highest BCUT2D eigenvalue weighted by atomic mass is 19.1. The number of carbonyl (C=O) groups excluding carboxylic acids is 2. The van der Waals surface area contributed by atoms with Gasteiger partial charge in [-0.25, -0.2) is 23.0 Å². The van der Waals surface area contributed by atoms with Crippen LogP contribution in [0.3, 0.4) is 0 Å². The smallest absolute Gasteiger partial charge is 0.345 e. The van der Waals surface area contributed by atoms with E-state index in [0.717, 1.165) is 17.7 Å². The SMILES string of the molecule is CCOC(=O)c1cn(Cc2c(F)cccc2F)c2nc(-c3ccc(NC(=O)c4cnoc4C)cc3)c(CN(C)Cc3ccccc3)n2c1=O. The van der Waals surface area contributed by atoms with Crippen molar-refractivity contribution in [3.8, 4) is 11.3 Å². The zero-order chi connectivity index (χ0) is 34.7. The van der Waals surface area contributed by atoms with Crippen LogP contribution in [-0.4, -0.2) is 49.5 Å². The summed E-state index contributed by atoms with van der Waals surface area (Å²) >= 11 is 0. The fourth-order valence-electron chi connectivity index (χ4n) is 5.57. The first-order chi connectivity index (χ1) is 23.6. The van der Waals surface area contributed by atoms with E-state index in [0.29, 0.717) is 40.5 Å². The molecule has 1 N–H and O–H groups in total. The standard InChI is InChI=1S/C36H32F2N6O5/c1-4-48-35(47)28-20-43(19-27-29(37)11-8-12-30(27)38)36-41-32(24-13-15-25(16-14-24)40-33(45)26-17-39-49-22(26)2)31(44(36)34(28)46)21-42(3)18-23-9-6-5-7-10-23/h5-17,20H,4,18-19,21H2,1-3H3,(H,40,45). The third-order valence-electron chi connectivity index (χ3n) is 7.94. The normalized spacial score (nSPS) is 11.3. The molecule has 6 rings (SSSR count). The topological polar surface area (TPSA) is 124 Å². The predicted octanol–water partition coefficient (Wildman–Crippen LogP) is 5.85. The fraction of sp³-hybridized carbons (Fsp3) is 0.194. The molecule has 3 aromatic heterocycles. The van der Waals surface area contributed by atoms with E-state index >= 15 is 0 Å². The lowest BCUT2D eigenvalue weighted by molar-refractivity contribution is 0.0522. The lowest BCUT2D eigenvalue weighted by Gasteiger charge is -2.18. The van der Waals surface area contributed by atoms with Crippen molar-refractivity contribution in [2.24, 2.45) is 0 Å². The summed E-state index contributed by atoms with van der Waals surface area (Å²) in [5.41, 5.74) is 1.97. The first-order valence-corrected chi connectivity index (χ1v) is 15.4. The number of anilines is 1. The van der Waals surface area contributed by atoms with E-state index in [4.69, 9.17) is 14.2 Å². The Labute approximate surface area is 279 Å². The summed E-state index contributed by atoms with van der Waals surface area (Å²) in [7, 11) is 1.88. The average Bonchev–Trinajstić information content (AvgIpc) is 3.69. The predicted molar refractivity (Wildman–Crippen MR) is 177 cm³/mol. The molecule has 11 nitrogen and oxygen atoms in total. The second-order valence-electron chi connectivity index (χ2n) is 11.4. The summed E-state index contributed by atoms with van der Waals surface area (Å²) < 4.78 is 42.6. The first kappa shape index (κ1) is 33.0. The fourth-order valence-corrected chi connectivity index (χ4v) is 5.57. The zero-order valence-electron chi connectivity index (χ0n) is 26.9. The Hall–Kier alpha value is -5.95. The number of amides is 1.